The zero-order valence-electron chi connectivity index (χ0n) is 11.5. The third kappa shape index (κ3) is 2.88. The van der Waals surface area contributed by atoms with Crippen LogP contribution in [-0.2, 0) is 0 Å². The zero-order chi connectivity index (χ0) is 13.9. The summed E-state index contributed by atoms with van der Waals surface area (Å²) in [4.78, 5) is 21.0. The molecule has 0 saturated carbocycles. The Kier molecular flexibility index (Phi) is 4.08. The first-order chi connectivity index (χ1) is 9.07. The molecule has 0 aromatic carbocycles. The highest BCUT2D eigenvalue weighted by Crippen LogP contribution is 2.43. The van der Waals surface area contributed by atoms with Crippen molar-refractivity contribution in [2.24, 2.45) is 21.7 Å². The van der Waals surface area contributed by atoms with Crippen molar-refractivity contribution in [3.05, 3.63) is 45.4 Å². The molecule has 0 aliphatic heterocycles. The molecule has 0 radical (unpaired) electrons. The second-order valence-corrected chi connectivity index (χ2v) is 5.91. The molecule has 2 aliphatic rings. The van der Waals surface area contributed by atoms with Crippen LogP contribution in [0.2, 0.25) is 0 Å². The van der Waals surface area contributed by atoms with Gasteiger partial charge in [0.15, 0.2) is 0 Å². The number of nitroso groups, excluding NO2 is 2. The zero-order valence-corrected chi connectivity index (χ0v) is 11.5. The molecular formula is C15H20N2O2. The summed E-state index contributed by atoms with van der Waals surface area (Å²) in [5.74, 6) is 0.380. The van der Waals surface area contributed by atoms with E-state index in [0.29, 0.717) is 11.6 Å². The van der Waals surface area contributed by atoms with Gasteiger partial charge in [-0.05, 0) is 48.3 Å². The van der Waals surface area contributed by atoms with Gasteiger partial charge in [-0.15, -0.1) is 4.91 Å². The second-order valence-electron chi connectivity index (χ2n) is 5.91. The lowest BCUT2D eigenvalue weighted by Gasteiger charge is -2.37. The first-order valence-electron chi connectivity index (χ1n) is 6.81. The lowest BCUT2D eigenvalue weighted by molar-refractivity contribution is 0.300. The summed E-state index contributed by atoms with van der Waals surface area (Å²) in [6, 6.07) is -0.0489. The summed E-state index contributed by atoms with van der Waals surface area (Å²) in [7, 11) is 0. The lowest BCUT2D eigenvalue weighted by atomic mass is 9.67. The molecule has 0 spiro atoms. The first-order valence-corrected chi connectivity index (χ1v) is 6.81. The van der Waals surface area contributed by atoms with Gasteiger partial charge in [-0.25, -0.2) is 0 Å². The van der Waals surface area contributed by atoms with Crippen LogP contribution >= 0.6 is 0 Å². The molecule has 4 nitrogen and oxygen atoms in total. The van der Waals surface area contributed by atoms with E-state index in [4.69, 9.17) is 0 Å². The monoisotopic (exact) mass is 260 g/mol. The highest BCUT2D eigenvalue weighted by atomic mass is 16.3. The van der Waals surface area contributed by atoms with Crippen LogP contribution in [0.25, 0.3) is 0 Å². The minimum atomic E-state index is -0.0489. The summed E-state index contributed by atoms with van der Waals surface area (Å²) in [6.07, 6.45) is 11.4. The maximum Gasteiger partial charge on any atom is 0.103 e. The van der Waals surface area contributed by atoms with Crippen LogP contribution in [0, 0.1) is 21.1 Å². The summed E-state index contributed by atoms with van der Waals surface area (Å²) < 4.78 is 0. The van der Waals surface area contributed by atoms with Gasteiger partial charge < -0.3 is 0 Å². The Balaban J connectivity index is 2.09. The molecule has 2 unspecified atom stereocenters. The lowest BCUT2D eigenvalue weighted by Crippen LogP contribution is -2.28. The van der Waals surface area contributed by atoms with Gasteiger partial charge in [0.1, 0.15) is 5.70 Å². The van der Waals surface area contributed by atoms with Crippen molar-refractivity contribution < 1.29 is 0 Å². The van der Waals surface area contributed by atoms with Crippen LogP contribution in [0.15, 0.2) is 45.9 Å². The van der Waals surface area contributed by atoms with Gasteiger partial charge in [-0.3, -0.25) is 0 Å². The van der Waals surface area contributed by atoms with Crippen molar-refractivity contribution in [3.63, 3.8) is 0 Å². The number of hydrogen-bond acceptors (Lipinski definition) is 4. The van der Waals surface area contributed by atoms with E-state index in [1.165, 1.54) is 5.57 Å². The number of nitrogens with zero attached hydrogens (tertiary/aromatic N) is 2. The van der Waals surface area contributed by atoms with E-state index >= 15 is 0 Å². The molecule has 19 heavy (non-hydrogen) atoms. The minimum absolute atomic E-state index is 0.0489. The average molecular weight is 260 g/mol. The Morgan fingerprint density at radius 3 is 2.47 bits per heavy atom. The van der Waals surface area contributed by atoms with E-state index < -0.39 is 0 Å². The molecule has 0 amide bonds. The normalized spacial score (nSPS) is 27.5. The highest BCUT2D eigenvalue weighted by molar-refractivity contribution is 5.27. The van der Waals surface area contributed by atoms with E-state index in [1.54, 1.807) is 0 Å². The predicted octanol–water partition coefficient (Wildman–Crippen LogP) is 4.48. The Morgan fingerprint density at radius 2 is 2.00 bits per heavy atom. The van der Waals surface area contributed by atoms with Crippen LogP contribution in [-0.4, -0.2) is 6.04 Å². The van der Waals surface area contributed by atoms with Crippen molar-refractivity contribution in [1.29, 1.82) is 0 Å². The first kappa shape index (κ1) is 13.8. The van der Waals surface area contributed by atoms with Gasteiger partial charge in [0.2, 0.25) is 0 Å². The van der Waals surface area contributed by atoms with E-state index in [9.17, 15) is 9.81 Å². The van der Waals surface area contributed by atoms with E-state index in [-0.39, 0.29) is 11.5 Å². The standard InChI is InChI=1S/C15H20N2O2/c1-15(2,11-3-7-13(16-18)8-4-11)12-5-9-14(17-19)10-6-12/h3,5,7-8,11,14H,4,6,9-10H2,1-2H3. The Morgan fingerprint density at radius 1 is 1.21 bits per heavy atom. The molecule has 0 N–H and O–H groups in total. The molecule has 2 rings (SSSR count). The fourth-order valence-corrected chi connectivity index (χ4v) is 2.95. The molecule has 102 valence electrons. The van der Waals surface area contributed by atoms with Gasteiger partial charge >= 0.3 is 0 Å². The maximum absolute atomic E-state index is 10.5. The molecule has 0 bridgehead atoms. The fourth-order valence-electron chi connectivity index (χ4n) is 2.95. The maximum atomic E-state index is 10.5. The quantitative estimate of drug-likeness (QED) is 0.552. The summed E-state index contributed by atoms with van der Waals surface area (Å²) in [6.45, 7) is 4.46. The average Bonchev–Trinajstić information content (AvgIpc) is 2.47. The Labute approximate surface area is 113 Å². The van der Waals surface area contributed by atoms with E-state index in [1.807, 2.05) is 12.2 Å². The molecule has 2 atom stereocenters. The van der Waals surface area contributed by atoms with E-state index in [2.05, 4.69) is 36.4 Å². The predicted molar refractivity (Wildman–Crippen MR) is 76.4 cm³/mol. The Hall–Kier alpha value is -1.58. The summed E-state index contributed by atoms with van der Waals surface area (Å²) >= 11 is 0. The van der Waals surface area contributed by atoms with Crippen molar-refractivity contribution in [2.75, 3.05) is 0 Å². The van der Waals surface area contributed by atoms with Gasteiger partial charge in [0.25, 0.3) is 0 Å². The number of hydrogen-bond donors (Lipinski definition) is 0. The molecule has 0 aromatic rings. The fraction of sp³-hybridized carbons (Fsp3) is 0.600. The summed E-state index contributed by atoms with van der Waals surface area (Å²) in [5.41, 5.74) is 1.97. The number of rotatable bonds is 4. The molecule has 0 heterocycles. The van der Waals surface area contributed by atoms with Crippen molar-refractivity contribution >= 4 is 0 Å². The van der Waals surface area contributed by atoms with Crippen molar-refractivity contribution in [1.82, 2.24) is 0 Å². The third-order valence-electron chi connectivity index (χ3n) is 4.47. The molecule has 0 saturated heterocycles. The SMILES string of the molecule is CC(C)(C1=CCC(N=O)CC1)C1C=CC(N=O)=CC1. The molecule has 0 aromatic heterocycles. The topological polar surface area (TPSA) is 58.9 Å². The van der Waals surface area contributed by atoms with Gasteiger partial charge in [-0.1, -0.05) is 42.8 Å². The van der Waals surface area contributed by atoms with Gasteiger partial charge in [-0.2, -0.15) is 4.91 Å². The Bertz CT molecular complexity index is 461. The van der Waals surface area contributed by atoms with Crippen LogP contribution in [0.5, 0.6) is 0 Å². The third-order valence-corrected chi connectivity index (χ3v) is 4.47. The number of allylic oxidation sites excluding steroid dienone is 4. The summed E-state index contributed by atoms with van der Waals surface area (Å²) in [5, 5.41) is 6.09. The molecule has 0 fully saturated rings. The van der Waals surface area contributed by atoms with Crippen molar-refractivity contribution in [3.8, 4) is 0 Å². The van der Waals surface area contributed by atoms with Crippen LogP contribution < -0.4 is 0 Å². The highest BCUT2D eigenvalue weighted by Gasteiger charge is 2.33. The molecule has 2 aliphatic carbocycles. The minimum Gasteiger partial charge on any atom is -0.151 e. The molecule has 4 heteroatoms. The van der Waals surface area contributed by atoms with Crippen LogP contribution in [0.4, 0.5) is 0 Å². The smallest absolute Gasteiger partial charge is 0.103 e. The van der Waals surface area contributed by atoms with Crippen LogP contribution in [0.3, 0.4) is 0 Å². The van der Waals surface area contributed by atoms with Crippen LogP contribution in [0.1, 0.15) is 39.5 Å². The van der Waals surface area contributed by atoms with Crippen molar-refractivity contribution in [2.45, 2.75) is 45.6 Å². The van der Waals surface area contributed by atoms with E-state index in [0.717, 1.165) is 25.7 Å². The molecular weight excluding hydrogens is 240 g/mol. The second kappa shape index (κ2) is 5.59. The van der Waals surface area contributed by atoms with Gasteiger partial charge in [0.05, 0.1) is 6.04 Å². The van der Waals surface area contributed by atoms with Gasteiger partial charge in [0, 0.05) is 0 Å². The largest absolute Gasteiger partial charge is 0.151 e.